The average Bonchev–Trinajstić information content (AvgIpc) is 3.42. The third-order valence-electron chi connectivity index (χ3n) is 4.90. The quantitative estimate of drug-likeness (QED) is 0.604. The molecule has 3 aromatic rings. The van der Waals surface area contributed by atoms with Gasteiger partial charge in [-0.2, -0.15) is 0 Å². The minimum Gasteiger partial charge on any atom is -0.451 e. The van der Waals surface area contributed by atoms with Crippen LogP contribution in [0.4, 0.5) is 8.78 Å². The maximum atomic E-state index is 14.1. The van der Waals surface area contributed by atoms with Gasteiger partial charge in [0.15, 0.2) is 15.6 Å². The van der Waals surface area contributed by atoms with Crippen molar-refractivity contribution in [3.63, 3.8) is 0 Å². The Hall–Kier alpha value is -2.74. The zero-order valence-electron chi connectivity index (χ0n) is 15.7. The molecule has 1 fully saturated rings. The van der Waals surface area contributed by atoms with E-state index in [9.17, 15) is 22.0 Å². The number of amides is 1. The zero-order chi connectivity index (χ0) is 20.8. The summed E-state index contributed by atoms with van der Waals surface area (Å²) in [4.78, 5) is 14.8. The molecule has 0 saturated heterocycles. The molecule has 1 heterocycles. The lowest BCUT2D eigenvalue weighted by Gasteiger charge is -2.22. The molecule has 4 rings (SSSR count). The number of carbonyl (C=O) groups is 1. The number of nitrogens with zero attached hydrogens (tertiary/aromatic N) is 1. The topological polar surface area (TPSA) is 67.6 Å². The molecule has 152 valence electrons. The van der Waals surface area contributed by atoms with Gasteiger partial charge in [0.05, 0.1) is 5.75 Å². The Morgan fingerprint density at radius 1 is 1.17 bits per heavy atom. The summed E-state index contributed by atoms with van der Waals surface area (Å²) >= 11 is 0. The second-order valence-electron chi connectivity index (χ2n) is 7.38. The maximum Gasteiger partial charge on any atom is 0.290 e. The molecular weight excluding hydrogens is 400 g/mol. The largest absolute Gasteiger partial charge is 0.451 e. The van der Waals surface area contributed by atoms with Crippen LogP contribution in [0.2, 0.25) is 0 Å². The molecule has 1 aromatic heterocycles. The Labute approximate surface area is 166 Å². The maximum absolute atomic E-state index is 14.1. The van der Waals surface area contributed by atoms with Crippen LogP contribution < -0.4 is 0 Å². The minimum absolute atomic E-state index is 0.0500. The van der Waals surface area contributed by atoms with Crippen LogP contribution in [0.1, 0.15) is 34.5 Å². The number of rotatable bonds is 6. The van der Waals surface area contributed by atoms with Crippen molar-refractivity contribution in [3.05, 3.63) is 71.0 Å². The number of sulfone groups is 1. The van der Waals surface area contributed by atoms with E-state index in [-0.39, 0.29) is 29.7 Å². The first-order valence-electron chi connectivity index (χ1n) is 9.16. The molecule has 0 spiro atoms. The van der Waals surface area contributed by atoms with Crippen molar-refractivity contribution < 1.29 is 26.4 Å². The fourth-order valence-corrected chi connectivity index (χ4v) is 4.20. The molecule has 8 heteroatoms. The van der Waals surface area contributed by atoms with Crippen LogP contribution in [0.5, 0.6) is 0 Å². The molecule has 29 heavy (non-hydrogen) atoms. The Morgan fingerprint density at radius 3 is 2.55 bits per heavy atom. The van der Waals surface area contributed by atoms with E-state index < -0.39 is 27.4 Å². The van der Waals surface area contributed by atoms with Crippen LogP contribution in [-0.2, 0) is 22.1 Å². The number of benzene rings is 2. The molecule has 2 aromatic carbocycles. The second kappa shape index (κ2) is 7.26. The predicted octanol–water partition coefficient (Wildman–Crippen LogP) is 4.06. The van der Waals surface area contributed by atoms with Gasteiger partial charge in [-0.1, -0.05) is 24.3 Å². The van der Waals surface area contributed by atoms with E-state index in [4.69, 9.17) is 4.42 Å². The van der Waals surface area contributed by atoms with Crippen molar-refractivity contribution in [1.29, 1.82) is 0 Å². The lowest BCUT2D eigenvalue weighted by molar-refractivity contribution is 0.0697. The Morgan fingerprint density at radius 2 is 1.90 bits per heavy atom. The average molecular weight is 419 g/mol. The lowest BCUT2D eigenvalue weighted by atomic mass is 10.1. The zero-order valence-corrected chi connectivity index (χ0v) is 16.5. The van der Waals surface area contributed by atoms with E-state index >= 15 is 0 Å². The summed E-state index contributed by atoms with van der Waals surface area (Å²) in [6.45, 7) is -0.0506. The van der Waals surface area contributed by atoms with E-state index in [0.717, 1.165) is 31.2 Å². The first-order chi connectivity index (χ1) is 13.7. The van der Waals surface area contributed by atoms with Gasteiger partial charge in [0.1, 0.15) is 17.2 Å². The SMILES string of the molecule is CS(=O)(=O)Cc1c(C(=O)N(Cc2ccc(F)cc2F)C2CC2)oc2ccccc12. The fraction of sp³-hybridized carbons (Fsp3) is 0.286. The summed E-state index contributed by atoms with van der Waals surface area (Å²) in [5.74, 6) is -2.31. The fourth-order valence-electron chi connectivity index (χ4n) is 3.39. The Bertz CT molecular complexity index is 1200. The van der Waals surface area contributed by atoms with E-state index in [0.29, 0.717) is 16.5 Å². The number of carbonyl (C=O) groups excluding carboxylic acids is 1. The molecule has 1 amide bonds. The highest BCUT2D eigenvalue weighted by molar-refractivity contribution is 7.89. The van der Waals surface area contributed by atoms with E-state index in [1.165, 1.54) is 11.0 Å². The van der Waals surface area contributed by atoms with E-state index in [1.54, 1.807) is 24.3 Å². The molecule has 0 N–H and O–H groups in total. The first kappa shape index (κ1) is 19.6. The number of halogens is 2. The number of para-hydroxylation sites is 1. The minimum atomic E-state index is -3.43. The lowest BCUT2D eigenvalue weighted by Crippen LogP contribution is -2.33. The number of fused-ring (bicyclic) bond motifs is 1. The van der Waals surface area contributed by atoms with Crippen LogP contribution in [0, 0.1) is 11.6 Å². The van der Waals surface area contributed by atoms with Crippen molar-refractivity contribution in [2.24, 2.45) is 0 Å². The molecule has 0 aliphatic heterocycles. The summed E-state index contributed by atoms with van der Waals surface area (Å²) in [5, 5.41) is 0.560. The smallest absolute Gasteiger partial charge is 0.290 e. The summed E-state index contributed by atoms with van der Waals surface area (Å²) in [6, 6.07) is 9.98. The van der Waals surface area contributed by atoms with Crippen molar-refractivity contribution in [2.75, 3.05) is 6.26 Å². The van der Waals surface area contributed by atoms with Gasteiger partial charge >= 0.3 is 0 Å². The first-order valence-corrected chi connectivity index (χ1v) is 11.2. The normalized spacial score (nSPS) is 14.3. The Balaban J connectivity index is 1.75. The number of hydrogen-bond donors (Lipinski definition) is 0. The molecule has 1 aliphatic carbocycles. The van der Waals surface area contributed by atoms with Crippen molar-refractivity contribution in [2.45, 2.75) is 31.2 Å². The summed E-state index contributed by atoms with van der Waals surface area (Å²) in [7, 11) is -3.43. The third-order valence-corrected chi connectivity index (χ3v) is 5.72. The highest BCUT2D eigenvalue weighted by Gasteiger charge is 2.36. The van der Waals surface area contributed by atoms with Gasteiger partial charge in [-0.25, -0.2) is 17.2 Å². The number of hydrogen-bond acceptors (Lipinski definition) is 4. The summed E-state index contributed by atoms with van der Waals surface area (Å²) < 4.78 is 57.0. The van der Waals surface area contributed by atoms with Crippen molar-refractivity contribution in [3.8, 4) is 0 Å². The van der Waals surface area contributed by atoms with E-state index in [1.807, 2.05) is 0 Å². The van der Waals surface area contributed by atoms with Gasteiger partial charge in [-0.05, 0) is 25.0 Å². The summed E-state index contributed by atoms with van der Waals surface area (Å²) in [5.41, 5.74) is 0.906. The van der Waals surface area contributed by atoms with Gasteiger partial charge in [0.25, 0.3) is 5.91 Å². The van der Waals surface area contributed by atoms with Gasteiger partial charge in [0, 0.05) is 41.4 Å². The molecule has 0 bridgehead atoms. The third kappa shape index (κ3) is 4.17. The van der Waals surface area contributed by atoms with Crippen molar-refractivity contribution >= 4 is 26.7 Å². The van der Waals surface area contributed by atoms with Crippen LogP contribution in [0.15, 0.2) is 46.9 Å². The van der Waals surface area contributed by atoms with Crippen molar-refractivity contribution in [1.82, 2.24) is 4.90 Å². The van der Waals surface area contributed by atoms with Crippen LogP contribution >= 0.6 is 0 Å². The van der Waals surface area contributed by atoms with Crippen LogP contribution in [0.25, 0.3) is 11.0 Å². The second-order valence-corrected chi connectivity index (χ2v) is 9.52. The number of furan rings is 1. The summed E-state index contributed by atoms with van der Waals surface area (Å²) in [6.07, 6.45) is 2.61. The standard InChI is InChI=1S/C21H19F2NO4S/c1-29(26,27)12-17-16-4-2-3-5-19(16)28-20(17)21(25)24(15-8-9-15)11-13-6-7-14(22)10-18(13)23/h2-7,10,15H,8-9,11-12H2,1H3. The van der Waals surface area contributed by atoms with Gasteiger partial charge < -0.3 is 9.32 Å². The molecule has 1 saturated carbocycles. The van der Waals surface area contributed by atoms with Crippen LogP contribution in [-0.4, -0.2) is 31.5 Å². The van der Waals surface area contributed by atoms with E-state index in [2.05, 4.69) is 0 Å². The highest BCUT2D eigenvalue weighted by atomic mass is 32.2. The van der Waals surface area contributed by atoms with Crippen LogP contribution in [0.3, 0.4) is 0 Å². The highest BCUT2D eigenvalue weighted by Crippen LogP contribution is 2.34. The molecular formula is C21H19F2NO4S. The van der Waals surface area contributed by atoms with Gasteiger partial charge in [-0.15, -0.1) is 0 Å². The molecule has 1 aliphatic rings. The Kier molecular flexibility index (Phi) is 4.90. The molecule has 0 radical (unpaired) electrons. The van der Waals surface area contributed by atoms with Gasteiger partial charge in [0.2, 0.25) is 0 Å². The van der Waals surface area contributed by atoms with Gasteiger partial charge in [-0.3, -0.25) is 4.79 Å². The predicted molar refractivity (Wildman–Crippen MR) is 104 cm³/mol. The molecule has 0 unspecified atom stereocenters. The monoisotopic (exact) mass is 419 g/mol. The molecule has 5 nitrogen and oxygen atoms in total. The molecule has 0 atom stereocenters.